The molecule has 6 nitrogen and oxygen atoms in total. The third kappa shape index (κ3) is 5.74. The van der Waals surface area contributed by atoms with Crippen molar-refractivity contribution in [2.24, 2.45) is 0 Å². The minimum atomic E-state index is 0.674. The number of morpholine rings is 1. The third-order valence-corrected chi connectivity index (χ3v) is 10.4. The first kappa shape index (κ1) is 31.9. The molecule has 0 unspecified atom stereocenters. The van der Waals surface area contributed by atoms with Crippen molar-refractivity contribution >= 4 is 52.1 Å². The van der Waals surface area contributed by atoms with Gasteiger partial charge in [0.15, 0.2) is 0 Å². The van der Waals surface area contributed by atoms with Gasteiger partial charge in [-0.3, -0.25) is 0 Å². The molecule has 3 aromatic heterocycles. The van der Waals surface area contributed by atoms with Gasteiger partial charge in [0.2, 0.25) is 0 Å². The monoisotopic (exact) mass is 699 g/mol. The number of nitrogens with one attached hydrogen (secondary N) is 2. The van der Waals surface area contributed by atoms with Crippen LogP contribution in [-0.4, -0.2) is 46.2 Å². The van der Waals surface area contributed by atoms with Gasteiger partial charge in [-0.15, -0.1) is 0 Å². The number of fused-ring (bicyclic) bond motifs is 8. The molecule has 0 saturated carbocycles. The first-order chi connectivity index (χ1) is 26.8. The van der Waals surface area contributed by atoms with Gasteiger partial charge >= 0.3 is 0 Å². The first-order valence-electron chi connectivity index (χ1n) is 18.5. The normalized spacial score (nSPS) is 13.7. The summed E-state index contributed by atoms with van der Waals surface area (Å²) in [6, 6.07) is 49.0. The van der Waals surface area contributed by atoms with Crippen LogP contribution in [0.4, 0.5) is 5.69 Å². The summed E-state index contributed by atoms with van der Waals surface area (Å²) >= 11 is 0. The standard InChI is InChI=1S/C48H37N5O/c1-5-13-32(14-6-1)44-36-21-22-37(49-36)45(33-15-7-2-8-16-33)39-25-26-41(51-39)47(35-19-11-4-12-20-35)48-43(53-27-29-54-30-28-53)31-42(52-48)46(34-17-9-3-10-18-34)40-24-23-38(44)50-40/h1-26,31,49,52H,27-30H2. The zero-order chi connectivity index (χ0) is 35.8. The van der Waals surface area contributed by atoms with Gasteiger partial charge in [-0.25, -0.2) is 9.97 Å². The zero-order valence-corrected chi connectivity index (χ0v) is 29.7. The second-order valence-electron chi connectivity index (χ2n) is 13.7. The molecule has 54 heavy (non-hydrogen) atoms. The minimum absolute atomic E-state index is 0.674. The van der Waals surface area contributed by atoms with Gasteiger partial charge in [-0.1, -0.05) is 121 Å². The SMILES string of the molecule is C1=Cc2nc1c(-c1ccccc1)c1ccc([nH]1)c(-c1ccccc1)c1nc(c(-c3ccccc3)c3[nH]c(cc3N3CCOCC3)c2-c2ccccc2)C=C1. The van der Waals surface area contributed by atoms with Crippen molar-refractivity contribution in [3.63, 3.8) is 0 Å². The number of aromatic nitrogens is 4. The molecule has 1 saturated heterocycles. The van der Waals surface area contributed by atoms with Crippen molar-refractivity contribution in [3.05, 3.63) is 162 Å². The van der Waals surface area contributed by atoms with Gasteiger partial charge in [-0.05, 0) is 64.8 Å². The van der Waals surface area contributed by atoms with Crippen molar-refractivity contribution in [2.75, 3.05) is 31.2 Å². The van der Waals surface area contributed by atoms with Crippen LogP contribution >= 0.6 is 0 Å². The van der Waals surface area contributed by atoms with E-state index in [0.717, 1.165) is 108 Å². The van der Waals surface area contributed by atoms with E-state index in [4.69, 9.17) is 14.7 Å². The van der Waals surface area contributed by atoms with Crippen LogP contribution in [0.2, 0.25) is 0 Å². The molecule has 0 radical (unpaired) electrons. The van der Waals surface area contributed by atoms with Crippen LogP contribution in [0.5, 0.6) is 0 Å². The summed E-state index contributed by atoms with van der Waals surface area (Å²) in [5, 5.41) is 0. The number of benzene rings is 4. The molecule has 0 amide bonds. The lowest BCUT2D eigenvalue weighted by Gasteiger charge is -2.28. The molecule has 0 spiro atoms. The maximum atomic E-state index is 5.85. The fraction of sp³-hybridized carbons (Fsp3) is 0.0833. The molecule has 260 valence electrons. The van der Waals surface area contributed by atoms with Crippen molar-refractivity contribution in [3.8, 4) is 44.5 Å². The van der Waals surface area contributed by atoms with Gasteiger partial charge in [0.25, 0.3) is 0 Å². The van der Waals surface area contributed by atoms with Crippen molar-refractivity contribution < 1.29 is 4.74 Å². The van der Waals surface area contributed by atoms with Gasteiger partial charge < -0.3 is 19.6 Å². The van der Waals surface area contributed by atoms with Crippen LogP contribution in [0.25, 0.3) is 90.9 Å². The lowest BCUT2D eigenvalue weighted by atomic mass is 10.0. The van der Waals surface area contributed by atoms with Crippen LogP contribution in [0.1, 0.15) is 22.8 Å². The highest BCUT2D eigenvalue weighted by molar-refractivity contribution is 6.03. The predicted octanol–water partition coefficient (Wildman–Crippen LogP) is 11.2. The molecule has 1 fully saturated rings. The molecular weight excluding hydrogens is 663 g/mol. The van der Waals surface area contributed by atoms with E-state index in [1.807, 2.05) is 0 Å². The Morgan fingerprint density at radius 2 is 0.815 bits per heavy atom. The quantitative estimate of drug-likeness (QED) is 0.188. The average molecular weight is 700 g/mol. The molecule has 10 rings (SSSR count). The van der Waals surface area contributed by atoms with E-state index in [2.05, 4.69) is 179 Å². The Labute approximate surface area is 313 Å². The van der Waals surface area contributed by atoms with Gasteiger partial charge in [0.1, 0.15) is 0 Å². The second kappa shape index (κ2) is 13.7. The molecule has 0 atom stereocenters. The number of anilines is 1. The zero-order valence-electron chi connectivity index (χ0n) is 29.7. The Hall–Kier alpha value is -6.76. The van der Waals surface area contributed by atoms with Crippen molar-refractivity contribution in [2.45, 2.75) is 0 Å². The summed E-state index contributed by atoms with van der Waals surface area (Å²) in [5.41, 5.74) is 17.2. The van der Waals surface area contributed by atoms with Crippen LogP contribution in [-0.2, 0) is 4.74 Å². The molecule has 3 aliphatic heterocycles. The Bertz CT molecular complexity index is 2720. The number of ether oxygens (including phenoxy) is 1. The van der Waals surface area contributed by atoms with Crippen LogP contribution in [0.3, 0.4) is 0 Å². The predicted molar refractivity (Wildman–Crippen MR) is 224 cm³/mol. The second-order valence-corrected chi connectivity index (χ2v) is 13.7. The van der Waals surface area contributed by atoms with E-state index in [-0.39, 0.29) is 0 Å². The Morgan fingerprint density at radius 1 is 0.426 bits per heavy atom. The third-order valence-electron chi connectivity index (χ3n) is 10.4. The first-order valence-corrected chi connectivity index (χ1v) is 18.5. The summed E-state index contributed by atoms with van der Waals surface area (Å²) in [4.78, 5) is 21.2. The van der Waals surface area contributed by atoms with E-state index in [0.29, 0.717) is 13.2 Å². The van der Waals surface area contributed by atoms with Crippen LogP contribution in [0, 0.1) is 0 Å². The molecule has 6 heteroatoms. The lowest BCUT2D eigenvalue weighted by molar-refractivity contribution is 0.123. The van der Waals surface area contributed by atoms with Crippen molar-refractivity contribution in [1.29, 1.82) is 0 Å². The minimum Gasteiger partial charge on any atom is -0.378 e. The highest BCUT2D eigenvalue weighted by Crippen LogP contribution is 2.41. The number of aromatic amines is 2. The molecule has 3 aliphatic rings. The van der Waals surface area contributed by atoms with Crippen molar-refractivity contribution in [1.82, 2.24) is 19.9 Å². The Balaban J connectivity index is 1.42. The van der Waals surface area contributed by atoms with E-state index < -0.39 is 0 Å². The van der Waals surface area contributed by atoms with E-state index in [1.165, 1.54) is 0 Å². The number of H-pyrrole nitrogens is 2. The lowest BCUT2D eigenvalue weighted by Crippen LogP contribution is -2.36. The maximum absolute atomic E-state index is 5.85. The van der Waals surface area contributed by atoms with Crippen LogP contribution < -0.4 is 4.90 Å². The largest absolute Gasteiger partial charge is 0.378 e. The smallest absolute Gasteiger partial charge is 0.0738 e. The maximum Gasteiger partial charge on any atom is 0.0738 e. The molecule has 8 bridgehead atoms. The molecular formula is C48H37N5O. The van der Waals surface area contributed by atoms with E-state index >= 15 is 0 Å². The number of rotatable bonds is 5. The summed E-state index contributed by atoms with van der Waals surface area (Å²) in [5.74, 6) is 0. The average Bonchev–Trinajstić information content (AvgIpc) is 4.07. The molecule has 2 N–H and O–H groups in total. The van der Waals surface area contributed by atoms with Gasteiger partial charge in [-0.2, -0.15) is 0 Å². The van der Waals surface area contributed by atoms with Gasteiger partial charge in [0.05, 0.1) is 52.7 Å². The fourth-order valence-electron chi connectivity index (χ4n) is 7.95. The van der Waals surface area contributed by atoms with Gasteiger partial charge in [0, 0.05) is 46.4 Å². The summed E-state index contributed by atoms with van der Waals surface area (Å²) < 4.78 is 5.85. The molecule has 7 aromatic rings. The van der Waals surface area contributed by atoms with E-state index in [1.54, 1.807) is 0 Å². The Morgan fingerprint density at radius 3 is 1.26 bits per heavy atom. The van der Waals surface area contributed by atoms with E-state index in [9.17, 15) is 0 Å². The molecule has 6 heterocycles. The topological polar surface area (TPSA) is 69.8 Å². The Kier molecular flexibility index (Phi) is 8.08. The molecule has 0 aliphatic carbocycles. The summed E-state index contributed by atoms with van der Waals surface area (Å²) in [7, 11) is 0. The number of hydrogen-bond donors (Lipinski definition) is 2. The number of hydrogen-bond acceptors (Lipinski definition) is 4. The highest BCUT2D eigenvalue weighted by Gasteiger charge is 2.23. The summed E-state index contributed by atoms with van der Waals surface area (Å²) in [6.45, 7) is 2.94. The van der Waals surface area contributed by atoms with Crippen LogP contribution in [0.15, 0.2) is 140 Å². The summed E-state index contributed by atoms with van der Waals surface area (Å²) in [6.07, 6.45) is 8.64. The molecule has 4 aromatic carbocycles. The fourth-order valence-corrected chi connectivity index (χ4v) is 7.95. The number of nitrogens with zero attached hydrogens (tertiary/aromatic N) is 3. The highest BCUT2D eigenvalue weighted by atomic mass is 16.5.